The monoisotopic (exact) mass is 733 g/mol. The minimum Gasteiger partial charge on any atom is -0.494 e. The van der Waals surface area contributed by atoms with Crippen molar-refractivity contribution < 1.29 is 28.9 Å². The topological polar surface area (TPSA) is 118 Å². The van der Waals surface area contributed by atoms with Crippen LogP contribution >= 0.6 is 39.1 Å². The fourth-order valence-corrected chi connectivity index (χ4v) is 5.63. The Morgan fingerprint density at radius 1 is 1.07 bits per heavy atom. The van der Waals surface area contributed by atoms with Gasteiger partial charge in [-0.3, -0.25) is 15.0 Å². The largest absolute Gasteiger partial charge is 0.494 e. The molecule has 4 rings (SSSR count). The molecule has 246 valence electrons. The normalized spacial score (nSPS) is 17.6. The summed E-state index contributed by atoms with van der Waals surface area (Å²) in [6.45, 7) is 6.16. The number of hydrazine groups is 1. The lowest BCUT2D eigenvalue weighted by molar-refractivity contribution is -0.155. The maximum atomic E-state index is 14.2. The van der Waals surface area contributed by atoms with Gasteiger partial charge in [0.1, 0.15) is 11.4 Å². The smallest absolute Gasteiger partial charge is 0.306 e. The predicted molar refractivity (Wildman–Crippen MR) is 182 cm³/mol. The van der Waals surface area contributed by atoms with E-state index in [4.69, 9.17) is 47.5 Å². The van der Waals surface area contributed by atoms with Crippen LogP contribution in [0.15, 0.2) is 76.2 Å². The summed E-state index contributed by atoms with van der Waals surface area (Å²) in [5.74, 6) is -0.0426. The second-order valence-electron chi connectivity index (χ2n) is 11.8. The molecule has 3 N–H and O–H groups in total. The summed E-state index contributed by atoms with van der Waals surface area (Å²) in [5, 5.41) is 10.1. The first kappa shape index (κ1) is 35.7. The molecular weight excluding hydrogens is 697 g/mol. The molecule has 0 aliphatic carbocycles. The molecule has 0 aromatic heterocycles. The van der Waals surface area contributed by atoms with Crippen molar-refractivity contribution in [3.8, 4) is 5.75 Å². The van der Waals surface area contributed by atoms with Crippen molar-refractivity contribution in [2.45, 2.75) is 63.7 Å². The van der Waals surface area contributed by atoms with Crippen LogP contribution in [0.2, 0.25) is 10.0 Å². The molecule has 3 aromatic carbocycles. The number of aliphatic imine (C=N–C) groups is 1. The summed E-state index contributed by atoms with van der Waals surface area (Å²) in [4.78, 5) is 32.0. The second-order valence-corrected chi connectivity index (χ2v) is 13.6. The SMILES string of the molecule is CC(C)(C)OC(=O)CC[C@]1(C(=O)NNCCc2ccc(Cl)cc2Cl)N=C(c2ccc(OCCCO)cc2)O[C@H]1c1ccc(Br)cc1. The maximum Gasteiger partial charge on any atom is 0.306 e. The third-order valence-corrected chi connectivity index (χ3v) is 8.18. The van der Waals surface area contributed by atoms with Gasteiger partial charge in [0.25, 0.3) is 5.91 Å². The number of carbonyl (C=O) groups is 2. The van der Waals surface area contributed by atoms with Gasteiger partial charge in [-0.2, -0.15) is 0 Å². The zero-order chi connectivity index (χ0) is 33.3. The molecule has 1 heterocycles. The molecule has 0 saturated carbocycles. The molecule has 0 bridgehead atoms. The molecule has 0 radical (unpaired) electrons. The van der Waals surface area contributed by atoms with Crippen LogP contribution < -0.4 is 15.6 Å². The Morgan fingerprint density at radius 2 is 1.78 bits per heavy atom. The van der Waals surface area contributed by atoms with Gasteiger partial charge < -0.3 is 19.3 Å². The number of ether oxygens (including phenoxy) is 3. The highest BCUT2D eigenvalue weighted by Crippen LogP contribution is 2.43. The van der Waals surface area contributed by atoms with E-state index in [1.165, 1.54) is 0 Å². The van der Waals surface area contributed by atoms with E-state index in [0.717, 1.165) is 10.0 Å². The van der Waals surface area contributed by atoms with Crippen molar-refractivity contribution in [3.05, 3.63) is 97.9 Å². The molecule has 46 heavy (non-hydrogen) atoms. The van der Waals surface area contributed by atoms with Gasteiger partial charge in [-0.1, -0.05) is 57.3 Å². The molecule has 0 saturated heterocycles. The number of carbonyl (C=O) groups excluding carboxylic acids is 2. The van der Waals surface area contributed by atoms with Gasteiger partial charge in [0.2, 0.25) is 5.90 Å². The van der Waals surface area contributed by atoms with Crippen molar-refractivity contribution in [2.24, 2.45) is 4.99 Å². The van der Waals surface area contributed by atoms with E-state index < -0.39 is 29.1 Å². The maximum absolute atomic E-state index is 14.2. The first-order valence-corrected chi connectivity index (χ1v) is 16.5. The quantitative estimate of drug-likeness (QED) is 0.0952. The van der Waals surface area contributed by atoms with E-state index in [-0.39, 0.29) is 25.3 Å². The standard InChI is InChI=1S/C34H38BrCl2N3O6/c1-33(2,3)46-29(42)15-17-34(32(43)40-38-18-16-22-7-12-26(36)21-28(22)37)30(23-5-10-25(35)11-6-23)45-31(39-34)24-8-13-27(14-9-24)44-20-4-19-41/h5-14,21,30,38,41H,4,15-20H2,1-3H3,(H,40,43)/t30-,34-/m0/s1. The molecule has 0 fully saturated rings. The summed E-state index contributed by atoms with van der Waals surface area (Å²) in [6.07, 6.45) is 0.129. The first-order chi connectivity index (χ1) is 21.9. The summed E-state index contributed by atoms with van der Waals surface area (Å²) >= 11 is 15.8. The lowest BCUT2D eigenvalue weighted by Gasteiger charge is -2.31. The lowest BCUT2D eigenvalue weighted by atomic mass is 9.83. The van der Waals surface area contributed by atoms with E-state index in [0.29, 0.717) is 52.9 Å². The zero-order valence-corrected chi connectivity index (χ0v) is 29.0. The highest BCUT2D eigenvalue weighted by atomic mass is 79.9. The summed E-state index contributed by atoms with van der Waals surface area (Å²) in [6, 6.07) is 19.8. The summed E-state index contributed by atoms with van der Waals surface area (Å²) in [5.41, 5.74) is 5.80. The molecule has 1 aliphatic heterocycles. The van der Waals surface area contributed by atoms with Crippen LogP contribution in [0.4, 0.5) is 0 Å². The average molecular weight is 736 g/mol. The van der Waals surface area contributed by atoms with Gasteiger partial charge in [-0.25, -0.2) is 10.4 Å². The molecule has 2 atom stereocenters. The first-order valence-electron chi connectivity index (χ1n) is 15.0. The van der Waals surface area contributed by atoms with Gasteiger partial charge in [-0.05, 0) is 93.3 Å². The second kappa shape index (κ2) is 16.1. The summed E-state index contributed by atoms with van der Waals surface area (Å²) < 4.78 is 18.6. The number of esters is 1. The third kappa shape index (κ3) is 9.68. The van der Waals surface area contributed by atoms with Crippen LogP contribution in [0.1, 0.15) is 62.8 Å². The molecule has 1 amide bonds. The number of hydrogen-bond donors (Lipinski definition) is 3. The van der Waals surface area contributed by atoms with Gasteiger partial charge in [0.15, 0.2) is 11.6 Å². The number of nitrogens with zero attached hydrogens (tertiary/aromatic N) is 1. The molecule has 3 aromatic rings. The molecular formula is C34H38BrCl2N3O6. The van der Waals surface area contributed by atoms with Crippen LogP contribution in [0.5, 0.6) is 5.75 Å². The highest BCUT2D eigenvalue weighted by Gasteiger charge is 2.53. The van der Waals surface area contributed by atoms with E-state index >= 15 is 0 Å². The number of halogens is 3. The Hall–Kier alpha value is -3.15. The zero-order valence-electron chi connectivity index (χ0n) is 25.9. The van der Waals surface area contributed by atoms with Crippen LogP contribution in [-0.4, -0.2) is 53.8 Å². The van der Waals surface area contributed by atoms with E-state index in [1.807, 2.05) is 30.3 Å². The van der Waals surface area contributed by atoms with Gasteiger partial charge in [-0.15, -0.1) is 0 Å². The number of benzene rings is 3. The van der Waals surface area contributed by atoms with Gasteiger partial charge in [0.05, 0.1) is 6.61 Å². The Bertz CT molecular complexity index is 1530. The highest BCUT2D eigenvalue weighted by molar-refractivity contribution is 9.10. The van der Waals surface area contributed by atoms with Crippen LogP contribution in [-0.2, 0) is 25.5 Å². The minimum absolute atomic E-state index is 0.0189. The van der Waals surface area contributed by atoms with Crippen molar-refractivity contribution in [3.63, 3.8) is 0 Å². The Morgan fingerprint density at radius 3 is 2.43 bits per heavy atom. The van der Waals surface area contributed by atoms with Crippen LogP contribution in [0.25, 0.3) is 0 Å². The molecule has 1 aliphatic rings. The Labute approximate surface area is 287 Å². The fraction of sp³-hybridized carbons (Fsp3) is 0.382. The molecule has 0 spiro atoms. The number of rotatable bonds is 14. The fourth-order valence-electron chi connectivity index (χ4n) is 4.87. The number of nitrogens with one attached hydrogen (secondary N) is 2. The van der Waals surface area contributed by atoms with E-state index in [9.17, 15) is 9.59 Å². The average Bonchev–Trinajstić information content (AvgIpc) is 3.40. The lowest BCUT2D eigenvalue weighted by Crippen LogP contribution is -2.53. The Kier molecular flexibility index (Phi) is 12.5. The van der Waals surface area contributed by atoms with E-state index in [2.05, 4.69) is 26.8 Å². The third-order valence-electron chi connectivity index (χ3n) is 7.07. The number of hydrogen-bond acceptors (Lipinski definition) is 8. The van der Waals surface area contributed by atoms with Gasteiger partial charge in [0, 0.05) is 46.1 Å². The van der Waals surface area contributed by atoms with Crippen molar-refractivity contribution in [1.29, 1.82) is 0 Å². The summed E-state index contributed by atoms with van der Waals surface area (Å²) in [7, 11) is 0. The van der Waals surface area contributed by atoms with Crippen molar-refractivity contribution in [1.82, 2.24) is 10.9 Å². The number of aliphatic hydroxyl groups excluding tert-OH is 1. The van der Waals surface area contributed by atoms with Crippen molar-refractivity contribution >= 4 is 56.9 Å². The molecule has 9 nitrogen and oxygen atoms in total. The van der Waals surface area contributed by atoms with Crippen molar-refractivity contribution in [2.75, 3.05) is 19.8 Å². The molecule has 12 heteroatoms. The minimum atomic E-state index is -1.53. The molecule has 0 unspecified atom stereocenters. The Balaban J connectivity index is 1.64. The van der Waals surface area contributed by atoms with Crippen LogP contribution in [0.3, 0.4) is 0 Å². The van der Waals surface area contributed by atoms with E-state index in [1.54, 1.807) is 57.2 Å². The predicted octanol–water partition coefficient (Wildman–Crippen LogP) is 6.76. The number of aliphatic hydroxyl groups is 1. The van der Waals surface area contributed by atoms with Gasteiger partial charge >= 0.3 is 5.97 Å². The van der Waals surface area contributed by atoms with Crippen LogP contribution in [0, 0.1) is 0 Å². The number of amides is 1.